The van der Waals surface area contributed by atoms with E-state index in [1.807, 2.05) is 13.0 Å². The van der Waals surface area contributed by atoms with Crippen LogP contribution in [0.2, 0.25) is 0 Å². The highest BCUT2D eigenvalue weighted by atomic mass is 16.5. The maximum absolute atomic E-state index is 5.83. The van der Waals surface area contributed by atoms with Crippen LogP contribution in [0.4, 0.5) is 5.82 Å². The van der Waals surface area contributed by atoms with Crippen molar-refractivity contribution in [3.63, 3.8) is 0 Å². The molecule has 102 valence electrons. The van der Waals surface area contributed by atoms with Crippen LogP contribution < -0.4 is 5.32 Å². The van der Waals surface area contributed by atoms with Crippen molar-refractivity contribution in [2.24, 2.45) is 0 Å². The van der Waals surface area contributed by atoms with Gasteiger partial charge in [0.15, 0.2) is 5.82 Å². The number of nitrogens with one attached hydrogen (secondary N) is 1. The van der Waals surface area contributed by atoms with E-state index in [4.69, 9.17) is 4.74 Å². The number of nitrogens with zero attached hydrogens (tertiary/aromatic N) is 2. The largest absolute Gasteiger partial charge is 0.370 e. The molecule has 0 saturated heterocycles. The molecule has 0 fully saturated rings. The van der Waals surface area contributed by atoms with Gasteiger partial charge in [0.25, 0.3) is 0 Å². The van der Waals surface area contributed by atoms with Crippen molar-refractivity contribution in [1.82, 2.24) is 9.97 Å². The Kier molecular flexibility index (Phi) is 5.54. The van der Waals surface area contributed by atoms with Crippen LogP contribution in [0, 0.1) is 6.92 Å². The van der Waals surface area contributed by atoms with Gasteiger partial charge in [-0.1, -0.05) is 13.8 Å². The van der Waals surface area contributed by atoms with Gasteiger partial charge in [0.1, 0.15) is 12.4 Å². The molecule has 0 saturated carbocycles. The molecule has 1 rings (SSSR count). The Hall–Kier alpha value is -1.16. The number of anilines is 1. The van der Waals surface area contributed by atoms with Gasteiger partial charge in [0.2, 0.25) is 0 Å². The Morgan fingerprint density at radius 2 is 2.00 bits per heavy atom. The number of aryl methyl sites for hydroxylation is 1. The van der Waals surface area contributed by atoms with E-state index in [0.29, 0.717) is 6.61 Å². The third-order valence-electron chi connectivity index (χ3n) is 2.90. The molecule has 4 nitrogen and oxygen atoms in total. The highest BCUT2D eigenvalue weighted by Gasteiger charge is 2.16. The van der Waals surface area contributed by atoms with Gasteiger partial charge < -0.3 is 10.1 Å². The van der Waals surface area contributed by atoms with Crippen molar-refractivity contribution >= 4 is 5.82 Å². The lowest BCUT2D eigenvalue weighted by Crippen LogP contribution is -2.23. The molecule has 4 heteroatoms. The Morgan fingerprint density at radius 3 is 2.61 bits per heavy atom. The molecule has 1 heterocycles. The molecule has 1 N–H and O–H groups in total. The van der Waals surface area contributed by atoms with E-state index in [1.165, 1.54) is 0 Å². The molecule has 0 amide bonds. The zero-order chi connectivity index (χ0) is 13.6. The minimum atomic E-state index is -0.121. The summed E-state index contributed by atoms with van der Waals surface area (Å²) in [6.07, 6.45) is 2.05. The minimum Gasteiger partial charge on any atom is -0.370 e. The lowest BCUT2D eigenvalue weighted by Gasteiger charge is -2.23. The van der Waals surface area contributed by atoms with Crippen molar-refractivity contribution in [3.8, 4) is 0 Å². The van der Waals surface area contributed by atoms with E-state index < -0.39 is 0 Å². The normalized spacial score (nSPS) is 11.6. The Bertz CT molecular complexity index is 377. The first-order valence-electron chi connectivity index (χ1n) is 6.69. The number of hydrogen-bond donors (Lipinski definition) is 1. The second-order valence-electron chi connectivity index (χ2n) is 5.14. The molecule has 0 unspecified atom stereocenters. The van der Waals surface area contributed by atoms with Gasteiger partial charge in [-0.3, -0.25) is 0 Å². The van der Waals surface area contributed by atoms with Crippen molar-refractivity contribution in [3.05, 3.63) is 17.6 Å². The molecular formula is C14H25N3O. The molecule has 0 aliphatic carbocycles. The molecule has 0 aliphatic heterocycles. The van der Waals surface area contributed by atoms with Crippen LogP contribution in [-0.2, 0) is 11.3 Å². The molecule has 0 bridgehead atoms. The molecule has 0 atom stereocenters. The first-order chi connectivity index (χ1) is 8.46. The second kappa shape index (κ2) is 6.69. The van der Waals surface area contributed by atoms with Gasteiger partial charge in [-0.05, 0) is 33.6 Å². The zero-order valence-corrected chi connectivity index (χ0v) is 12.2. The first kappa shape index (κ1) is 14.9. The summed E-state index contributed by atoms with van der Waals surface area (Å²) in [6, 6.07) is 1.96. The summed E-state index contributed by atoms with van der Waals surface area (Å²) in [7, 11) is 0. The predicted octanol–water partition coefficient (Wildman–Crippen LogP) is 3.31. The number of hydrogen-bond acceptors (Lipinski definition) is 4. The smallest absolute Gasteiger partial charge is 0.156 e. The van der Waals surface area contributed by atoms with Crippen molar-refractivity contribution < 1.29 is 4.74 Å². The fourth-order valence-electron chi connectivity index (χ4n) is 1.40. The first-order valence-corrected chi connectivity index (χ1v) is 6.69. The van der Waals surface area contributed by atoms with E-state index in [2.05, 4.69) is 43.0 Å². The lowest BCUT2D eigenvalue weighted by atomic mass is 10.1. The predicted molar refractivity (Wildman–Crippen MR) is 74.7 cm³/mol. The van der Waals surface area contributed by atoms with Crippen molar-refractivity contribution in [2.75, 3.05) is 11.9 Å². The van der Waals surface area contributed by atoms with Crippen LogP contribution >= 0.6 is 0 Å². The average molecular weight is 251 g/mol. The standard InChI is InChI=1S/C14H25N3O/c1-6-8-15-12-9-11(3)16-13(17-12)10-18-14(4,5)7-2/h9H,6-8,10H2,1-5H3,(H,15,16,17). The highest BCUT2D eigenvalue weighted by Crippen LogP contribution is 2.16. The SMILES string of the molecule is CCCNc1cc(C)nc(COC(C)(C)CC)n1. The maximum Gasteiger partial charge on any atom is 0.156 e. The van der Waals surface area contributed by atoms with E-state index in [1.54, 1.807) is 0 Å². The van der Waals surface area contributed by atoms with Gasteiger partial charge in [0, 0.05) is 18.3 Å². The van der Waals surface area contributed by atoms with Crippen LogP contribution in [0.1, 0.15) is 52.1 Å². The van der Waals surface area contributed by atoms with Crippen LogP contribution in [0.15, 0.2) is 6.07 Å². The van der Waals surface area contributed by atoms with Crippen LogP contribution in [0.5, 0.6) is 0 Å². The van der Waals surface area contributed by atoms with Crippen molar-refractivity contribution in [1.29, 1.82) is 0 Å². The van der Waals surface area contributed by atoms with Gasteiger partial charge in [-0.2, -0.15) is 0 Å². The molecule has 0 aliphatic rings. The van der Waals surface area contributed by atoms with E-state index >= 15 is 0 Å². The van der Waals surface area contributed by atoms with E-state index in [0.717, 1.165) is 36.7 Å². The molecule has 0 aromatic carbocycles. The molecule has 0 spiro atoms. The molecule has 0 radical (unpaired) electrons. The number of rotatable bonds is 7. The molecule has 1 aromatic heterocycles. The van der Waals surface area contributed by atoms with E-state index in [9.17, 15) is 0 Å². The van der Waals surface area contributed by atoms with Crippen LogP contribution in [0.25, 0.3) is 0 Å². The minimum absolute atomic E-state index is 0.121. The Balaban J connectivity index is 2.68. The number of ether oxygens (including phenoxy) is 1. The van der Waals surface area contributed by atoms with Gasteiger partial charge >= 0.3 is 0 Å². The zero-order valence-electron chi connectivity index (χ0n) is 12.2. The fourth-order valence-corrected chi connectivity index (χ4v) is 1.40. The third-order valence-corrected chi connectivity index (χ3v) is 2.90. The Labute approximate surface area is 110 Å². The maximum atomic E-state index is 5.83. The summed E-state index contributed by atoms with van der Waals surface area (Å²) in [5.74, 6) is 1.63. The van der Waals surface area contributed by atoms with Crippen LogP contribution in [-0.4, -0.2) is 22.1 Å². The van der Waals surface area contributed by atoms with Gasteiger partial charge in [0.05, 0.1) is 5.60 Å². The fraction of sp³-hybridized carbons (Fsp3) is 0.714. The number of aromatic nitrogens is 2. The summed E-state index contributed by atoms with van der Waals surface area (Å²) in [6.45, 7) is 11.8. The highest BCUT2D eigenvalue weighted by molar-refractivity contribution is 5.35. The summed E-state index contributed by atoms with van der Waals surface area (Å²) in [4.78, 5) is 8.86. The summed E-state index contributed by atoms with van der Waals surface area (Å²) in [5.41, 5.74) is 0.848. The topological polar surface area (TPSA) is 47.0 Å². The van der Waals surface area contributed by atoms with Crippen molar-refractivity contribution in [2.45, 2.75) is 59.7 Å². The van der Waals surface area contributed by atoms with Gasteiger partial charge in [-0.15, -0.1) is 0 Å². The summed E-state index contributed by atoms with van der Waals surface area (Å²) < 4.78 is 5.83. The third kappa shape index (κ3) is 5.00. The van der Waals surface area contributed by atoms with E-state index in [-0.39, 0.29) is 5.60 Å². The molecular weight excluding hydrogens is 226 g/mol. The summed E-state index contributed by atoms with van der Waals surface area (Å²) in [5, 5.41) is 3.28. The van der Waals surface area contributed by atoms with Crippen LogP contribution in [0.3, 0.4) is 0 Å². The summed E-state index contributed by atoms with van der Waals surface area (Å²) >= 11 is 0. The lowest BCUT2D eigenvalue weighted by molar-refractivity contribution is -0.0345. The second-order valence-corrected chi connectivity index (χ2v) is 5.14. The monoisotopic (exact) mass is 251 g/mol. The quantitative estimate of drug-likeness (QED) is 0.807. The van der Waals surface area contributed by atoms with Gasteiger partial charge in [-0.25, -0.2) is 9.97 Å². The molecule has 18 heavy (non-hydrogen) atoms. The average Bonchev–Trinajstić information content (AvgIpc) is 2.33. The Morgan fingerprint density at radius 1 is 1.28 bits per heavy atom. The molecule has 1 aromatic rings.